The van der Waals surface area contributed by atoms with Crippen molar-refractivity contribution >= 4 is 11.5 Å². The minimum absolute atomic E-state index is 0.379. The molecular weight excluding hydrogens is 260 g/mol. The van der Waals surface area contributed by atoms with Gasteiger partial charge in [-0.1, -0.05) is 30.3 Å². The lowest BCUT2D eigenvalue weighted by molar-refractivity contribution is 0.304. The molecule has 21 heavy (non-hydrogen) atoms. The predicted molar refractivity (Wildman–Crippen MR) is 85.4 cm³/mol. The van der Waals surface area contributed by atoms with Crippen molar-refractivity contribution in [3.05, 3.63) is 72.2 Å². The summed E-state index contributed by atoms with van der Waals surface area (Å²) in [6.45, 7) is 2.16. The fraction of sp³-hybridized carbons (Fsp3) is 0.176. The molecule has 0 bridgehead atoms. The lowest BCUT2D eigenvalue weighted by atomic mass is 9.79. The van der Waals surface area contributed by atoms with Gasteiger partial charge in [0, 0.05) is 31.2 Å². The second kappa shape index (κ2) is 5.05. The molecule has 1 aliphatic heterocycles. The van der Waals surface area contributed by atoms with E-state index in [-0.39, 0.29) is 5.54 Å². The second-order valence-corrected chi connectivity index (χ2v) is 5.26. The van der Waals surface area contributed by atoms with Gasteiger partial charge in [0.05, 0.1) is 5.54 Å². The van der Waals surface area contributed by atoms with Crippen molar-refractivity contribution in [2.75, 3.05) is 7.05 Å². The Balaban J connectivity index is 2.20. The van der Waals surface area contributed by atoms with Crippen molar-refractivity contribution in [2.45, 2.75) is 12.5 Å². The maximum Gasteiger partial charge on any atom is 0.196 e. The number of aliphatic imine (C=N–C) groups is 1. The van der Waals surface area contributed by atoms with Crippen LogP contribution in [0.3, 0.4) is 0 Å². The molecule has 4 nitrogen and oxygen atoms in total. The van der Waals surface area contributed by atoms with Crippen LogP contribution in [-0.4, -0.2) is 22.9 Å². The third-order valence-corrected chi connectivity index (χ3v) is 4.19. The fourth-order valence-electron chi connectivity index (χ4n) is 2.75. The highest BCUT2D eigenvalue weighted by Crippen LogP contribution is 2.42. The molecule has 0 radical (unpaired) electrons. The smallest absolute Gasteiger partial charge is 0.196 e. The van der Waals surface area contributed by atoms with Gasteiger partial charge in [-0.3, -0.25) is 4.98 Å². The van der Waals surface area contributed by atoms with E-state index in [0.29, 0.717) is 5.96 Å². The van der Waals surface area contributed by atoms with Crippen molar-refractivity contribution in [3.8, 4) is 0 Å². The zero-order chi connectivity index (χ0) is 14.9. The first-order chi connectivity index (χ1) is 10.1. The average Bonchev–Trinajstić information content (AvgIpc) is 2.54. The molecule has 0 saturated carbocycles. The van der Waals surface area contributed by atoms with Crippen molar-refractivity contribution in [2.24, 2.45) is 10.7 Å². The Morgan fingerprint density at radius 3 is 2.38 bits per heavy atom. The summed E-state index contributed by atoms with van der Waals surface area (Å²) in [6, 6.07) is 14.3. The van der Waals surface area contributed by atoms with E-state index < -0.39 is 0 Å². The van der Waals surface area contributed by atoms with E-state index in [2.05, 4.69) is 29.0 Å². The van der Waals surface area contributed by atoms with Crippen molar-refractivity contribution in [3.63, 3.8) is 0 Å². The predicted octanol–water partition coefficient (Wildman–Crippen LogP) is 2.60. The van der Waals surface area contributed by atoms with Crippen LogP contribution in [-0.2, 0) is 5.54 Å². The molecular formula is C17H18N4. The van der Waals surface area contributed by atoms with Crippen LogP contribution in [0.4, 0.5) is 0 Å². The van der Waals surface area contributed by atoms with Crippen LogP contribution in [0, 0.1) is 0 Å². The van der Waals surface area contributed by atoms with E-state index in [1.165, 1.54) is 0 Å². The van der Waals surface area contributed by atoms with E-state index in [0.717, 1.165) is 16.7 Å². The van der Waals surface area contributed by atoms with Crippen molar-refractivity contribution < 1.29 is 0 Å². The summed E-state index contributed by atoms with van der Waals surface area (Å²) in [7, 11) is 1.97. The molecule has 1 aromatic carbocycles. The van der Waals surface area contributed by atoms with Gasteiger partial charge in [0.15, 0.2) is 5.96 Å². The van der Waals surface area contributed by atoms with E-state index in [1.807, 2.05) is 48.5 Å². The molecule has 0 fully saturated rings. The number of likely N-dealkylation sites (N-methyl/N-ethyl adjacent to an activating group) is 1. The van der Waals surface area contributed by atoms with E-state index in [4.69, 9.17) is 5.73 Å². The highest BCUT2D eigenvalue weighted by atomic mass is 15.3. The minimum atomic E-state index is -0.379. The Morgan fingerprint density at radius 2 is 1.71 bits per heavy atom. The molecule has 2 N–H and O–H groups in total. The van der Waals surface area contributed by atoms with E-state index >= 15 is 0 Å². The number of benzene rings is 1. The van der Waals surface area contributed by atoms with Crippen molar-refractivity contribution in [1.82, 2.24) is 9.88 Å². The number of nitrogens with two attached hydrogens (primary N) is 1. The summed E-state index contributed by atoms with van der Waals surface area (Å²) < 4.78 is 0. The van der Waals surface area contributed by atoms with Gasteiger partial charge < -0.3 is 10.6 Å². The maximum absolute atomic E-state index is 6.05. The first kappa shape index (κ1) is 13.4. The molecule has 1 aromatic heterocycles. The molecule has 106 valence electrons. The highest BCUT2D eigenvalue weighted by molar-refractivity contribution is 5.88. The molecule has 1 atom stereocenters. The van der Waals surface area contributed by atoms with Crippen LogP contribution in [0.25, 0.3) is 5.57 Å². The molecule has 4 heteroatoms. The van der Waals surface area contributed by atoms with Crippen LogP contribution < -0.4 is 5.73 Å². The third kappa shape index (κ3) is 2.09. The highest BCUT2D eigenvalue weighted by Gasteiger charge is 2.39. The first-order valence-corrected chi connectivity index (χ1v) is 6.87. The number of hydrogen-bond donors (Lipinski definition) is 1. The topological polar surface area (TPSA) is 54.5 Å². The number of guanidine groups is 1. The Hall–Kier alpha value is -2.62. The zero-order valence-corrected chi connectivity index (χ0v) is 12.2. The summed E-state index contributed by atoms with van der Waals surface area (Å²) in [4.78, 5) is 10.5. The van der Waals surface area contributed by atoms with Crippen molar-refractivity contribution in [1.29, 1.82) is 0 Å². The lowest BCUT2D eigenvalue weighted by Crippen LogP contribution is -2.50. The van der Waals surface area contributed by atoms with Gasteiger partial charge >= 0.3 is 0 Å². The Labute approximate surface area is 124 Å². The Kier molecular flexibility index (Phi) is 3.22. The summed E-state index contributed by atoms with van der Waals surface area (Å²) in [5.74, 6) is 0.508. The van der Waals surface area contributed by atoms with Gasteiger partial charge in [-0.05, 0) is 30.2 Å². The molecule has 0 aliphatic carbocycles. The zero-order valence-electron chi connectivity index (χ0n) is 12.2. The normalized spacial score (nSPS) is 21.7. The molecule has 2 heterocycles. The molecule has 1 unspecified atom stereocenters. The van der Waals surface area contributed by atoms with Gasteiger partial charge in [0.25, 0.3) is 0 Å². The maximum atomic E-state index is 6.05. The number of rotatable bonds is 2. The van der Waals surface area contributed by atoms with Crippen LogP contribution in [0.15, 0.2) is 66.1 Å². The second-order valence-electron chi connectivity index (χ2n) is 5.26. The molecule has 0 amide bonds. The van der Waals surface area contributed by atoms with Crippen LogP contribution in [0.2, 0.25) is 0 Å². The number of hydrogen-bond acceptors (Lipinski definition) is 4. The monoisotopic (exact) mass is 278 g/mol. The quantitative estimate of drug-likeness (QED) is 0.918. The van der Waals surface area contributed by atoms with Gasteiger partial charge in [0.1, 0.15) is 0 Å². The third-order valence-electron chi connectivity index (χ3n) is 4.19. The number of nitrogens with zero attached hydrogens (tertiary/aromatic N) is 3. The number of aromatic nitrogens is 1. The Bertz CT molecular complexity index is 691. The lowest BCUT2D eigenvalue weighted by Gasteiger charge is -2.43. The summed E-state index contributed by atoms with van der Waals surface area (Å²) in [6.07, 6.45) is 5.48. The number of pyridine rings is 1. The standard InChI is InChI=1S/C17H18N4/c1-17(14-8-10-19-11-9-14)15(12-20-16(18)21(17)2)13-6-4-3-5-7-13/h3-12H,1-2H3,(H2,18,20). The van der Waals surface area contributed by atoms with Gasteiger partial charge in [-0.2, -0.15) is 0 Å². The van der Waals surface area contributed by atoms with E-state index in [9.17, 15) is 0 Å². The van der Waals surface area contributed by atoms with Crippen LogP contribution in [0.1, 0.15) is 18.1 Å². The first-order valence-electron chi connectivity index (χ1n) is 6.87. The summed E-state index contributed by atoms with van der Waals surface area (Å²) in [5.41, 5.74) is 9.06. The molecule has 2 aromatic rings. The minimum Gasteiger partial charge on any atom is -0.369 e. The summed E-state index contributed by atoms with van der Waals surface area (Å²) in [5, 5.41) is 0. The Morgan fingerprint density at radius 1 is 1.05 bits per heavy atom. The summed E-state index contributed by atoms with van der Waals surface area (Å²) >= 11 is 0. The van der Waals surface area contributed by atoms with Gasteiger partial charge in [-0.15, -0.1) is 0 Å². The van der Waals surface area contributed by atoms with Gasteiger partial charge in [0.2, 0.25) is 0 Å². The van der Waals surface area contributed by atoms with Crippen LogP contribution in [0.5, 0.6) is 0 Å². The van der Waals surface area contributed by atoms with E-state index in [1.54, 1.807) is 12.4 Å². The fourth-order valence-corrected chi connectivity index (χ4v) is 2.75. The SMILES string of the molecule is CN1C(N)=NC=C(c2ccccc2)C1(C)c1ccncc1. The molecule has 1 aliphatic rings. The van der Waals surface area contributed by atoms with Crippen LogP contribution >= 0.6 is 0 Å². The molecule has 0 spiro atoms. The molecule has 3 rings (SSSR count). The largest absolute Gasteiger partial charge is 0.369 e. The molecule has 0 saturated heterocycles. The average molecular weight is 278 g/mol. The van der Waals surface area contributed by atoms with Gasteiger partial charge in [-0.25, -0.2) is 4.99 Å².